The number of alkyl halides is 8. The number of nitrogens with one attached hydrogen (secondary N) is 3. The number of sulfone groups is 1. The van der Waals surface area contributed by atoms with Gasteiger partial charge in [0.05, 0.1) is 34.4 Å². The molecular formula is C47H39ClF10N8O11S2. The summed E-state index contributed by atoms with van der Waals surface area (Å²) in [5.41, 5.74) is -6.94. The molecule has 2 aliphatic rings. The number of carbonyl (C=O) groups excluding carboxylic acids is 3. The predicted molar refractivity (Wildman–Crippen MR) is 254 cm³/mol. The van der Waals surface area contributed by atoms with E-state index in [0.29, 0.717) is 12.1 Å². The second-order valence-electron chi connectivity index (χ2n) is 18.7. The highest BCUT2D eigenvalue weighted by molar-refractivity contribution is 7.92. The molecule has 79 heavy (non-hydrogen) atoms. The summed E-state index contributed by atoms with van der Waals surface area (Å²) in [5.74, 6) is -13.1. The number of fused-ring (bicyclic) bond motifs is 4. The van der Waals surface area contributed by atoms with E-state index in [1.54, 1.807) is 5.32 Å². The van der Waals surface area contributed by atoms with Crippen LogP contribution in [0.4, 0.5) is 43.9 Å². The number of benzene rings is 2. The maximum absolute atomic E-state index is 15.6. The third-order valence-electron chi connectivity index (χ3n) is 12.4. The molecule has 0 bridgehead atoms. The van der Waals surface area contributed by atoms with Crippen molar-refractivity contribution in [3.8, 4) is 23.0 Å². The van der Waals surface area contributed by atoms with Gasteiger partial charge >= 0.3 is 24.3 Å². The third-order valence-corrected chi connectivity index (χ3v) is 15.8. The molecule has 0 aliphatic heterocycles. The fraction of sp³-hybridized carbons (Fsp3) is 0.362. The zero-order valence-corrected chi connectivity index (χ0v) is 42.9. The van der Waals surface area contributed by atoms with Crippen molar-refractivity contribution >= 4 is 72.0 Å². The molecule has 0 unspecified atom stereocenters. The van der Waals surface area contributed by atoms with E-state index >= 15 is 8.78 Å². The van der Waals surface area contributed by atoms with Gasteiger partial charge in [0, 0.05) is 52.5 Å². The predicted octanol–water partition coefficient (Wildman–Crippen LogP) is 5.84. The number of aliphatic carboxylic acids is 2. The van der Waals surface area contributed by atoms with Gasteiger partial charge < -0.3 is 20.8 Å². The molecule has 5 aromatic rings. The van der Waals surface area contributed by atoms with E-state index in [1.165, 1.54) is 18.6 Å². The molecule has 422 valence electrons. The molecule has 7 rings (SSSR count). The SMILES string of the molecule is CC(C)(C#Cc1ccc(-c2ccc(Cl)c3c(CS(=O)(=O)NC(=O)/C=C/C(=O)N[C@@H](CC(=O)O)C(=O)O)nn(CC(F)(F)F)c23)c([C@H](Cc2cc(F)cc(F)c2)NC(=O)Cn2nc(C(F)(F)F)c3c2C(F)(F)[C@@H]2C[C@H]32)n1)S(C)(=O)=O. The zero-order valence-electron chi connectivity index (χ0n) is 40.5. The normalized spacial score (nSPS) is 16.8. The van der Waals surface area contributed by atoms with Crippen LogP contribution in [-0.2, 0) is 81.2 Å². The van der Waals surface area contributed by atoms with Gasteiger partial charge in [-0.15, -0.1) is 0 Å². The second kappa shape index (κ2) is 21.2. The topological polar surface area (TPSA) is 279 Å². The Morgan fingerprint density at radius 1 is 0.899 bits per heavy atom. The molecule has 1 fully saturated rings. The van der Waals surface area contributed by atoms with Crippen LogP contribution in [0.2, 0.25) is 5.02 Å². The molecule has 0 radical (unpaired) electrons. The number of carboxylic acid groups (broad SMARTS) is 2. The highest BCUT2D eigenvalue weighted by Gasteiger charge is 2.68. The van der Waals surface area contributed by atoms with E-state index < -0.39 is 184 Å². The Kier molecular flexibility index (Phi) is 15.9. The molecule has 5 N–H and O–H groups in total. The monoisotopic (exact) mass is 1180 g/mol. The highest BCUT2D eigenvalue weighted by atomic mass is 35.5. The van der Waals surface area contributed by atoms with E-state index in [9.17, 15) is 75.9 Å². The van der Waals surface area contributed by atoms with Crippen molar-refractivity contribution < 1.29 is 94.9 Å². The number of pyridine rings is 1. The van der Waals surface area contributed by atoms with E-state index in [0.717, 1.165) is 42.7 Å². The summed E-state index contributed by atoms with van der Waals surface area (Å²) in [5, 5.41) is 28.4. The fourth-order valence-corrected chi connectivity index (χ4v) is 10.1. The lowest BCUT2D eigenvalue weighted by Gasteiger charge is -2.23. The van der Waals surface area contributed by atoms with Crippen LogP contribution in [0.1, 0.15) is 78.2 Å². The maximum atomic E-state index is 15.6. The molecule has 2 aromatic carbocycles. The first-order chi connectivity index (χ1) is 36.4. The Morgan fingerprint density at radius 2 is 1.53 bits per heavy atom. The van der Waals surface area contributed by atoms with Gasteiger partial charge in [-0.25, -0.2) is 40.1 Å². The Labute approximate surface area is 444 Å². The smallest absolute Gasteiger partial charge is 0.435 e. The van der Waals surface area contributed by atoms with Crippen LogP contribution in [0.5, 0.6) is 0 Å². The van der Waals surface area contributed by atoms with Gasteiger partial charge in [0.1, 0.15) is 52.7 Å². The number of sulfonamides is 1. The zero-order chi connectivity index (χ0) is 58.7. The quantitative estimate of drug-likeness (QED) is 0.0392. The summed E-state index contributed by atoms with van der Waals surface area (Å²) in [4.78, 5) is 65.9. The minimum atomic E-state index is -5.25. The third kappa shape index (κ3) is 13.3. The summed E-state index contributed by atoms with van der Waals surface area (Å²) in [6.45, 7) is -0.926. The molecule has 2 aliphatic carbocycles. The van der Waals surface area contributed by atoms with Gasteiger partial charge in [-0.1, -0.05) is 23.6 Å². The minimum absolute atomic E-state index is 0.160. The van der Waals surface area contributed by atoms with Crippen LogP contribution in [0.3, 0.4) is 0 Å². The van der Waals surface area contributed by atoms with Crippen molar-refractivity contribution in [3.05, 3.63) is 111 Å². The van der Waals surface area contributed by atoms with Crippen LogP contribution in [0.25, 0.3) is 22.0 Å². The number of nitrogens with zero attached hydrogens (tertiary/aromatic N) is 5. The van der Waals surface area contributed by atoms with Gasteiger partial charge in [-0.3, -0.25) is 28.5 Å². The molecule has 3 amide bonds. The first-order valence-electron chi connectivity index (χ1n) is 22.6. The Morgan fingerprint density at radius 3 is 2.13 bits per heavy atom. The number of hydrogen-bond donors (Lipinski definition) is 5. The standard InChI is InChI=1S/C47H39ClF10N8O11S2/c1-44(2,78(3,74)75)11-10-24-4-5-25(39(59-24)30(14-21-12-22(49)15-23(50)13-21)60-35(69)18-65-42-37(41(63-65)47(56,57)58)27-16-28(27)46(42,54)55)26-6-7-29(48)38-32(62-66(40(26)38)20-45(51,52)53)19-79(76,77)64-34(68)9-8-33(67)61-31(43(72)73)17-36(70)71/h4-9,12-13,15,27-28,30-31H,14,16-20H2,1-3H3,(H,60,69)(H,61,67)(H,64,68)(H,70,71)(H,72,73)/b9-8+/t27-,28+,30-,31-/m0/s1. The average Bonchev–Trinajstić information content (AvgIpc) is 4.08. The molecule has 0 saturated heterocycles. The van der Waals surface area contributed by atoms with Gasteiger partial charge in [0.15, 0.2) is 15.5 Å². The van der Waals surface area contributed by atoms with Crippen LogP contribution < -0.4 is 15.4 Å². The van der Waals surface area contributed by atoms with Crippen LogP contribution in [0, 0.1) is 29.4 Å². The Hall–Kier alpha value is -7.59. The molecule has 19 nitrogen and oxygen atoms in total. The lowest BCUT2D eigenvalue weighted by atomic mass is 9.93. The summed E-state index contributed by atoms with van der Waals surface area (Å²) >= 11 is 6.56. The number of carbonyl (C=O) groups is 5. The van der Waals surface area contributed by atoms with Gasteiger partial charge in [-0.05, 0) is 74.4 Å². The van der Waals surface area contributed by atoms with Crippen molar-refractivity contribution in [2.45, 2.75) is 93.0 Å². The summed E-state index contributed by atoms with van der Waals surface area (Å²) < 4.78 is 199. The van der Waals surface area contributed by atoms with E-state index in [1.807, 2.05) is 0 Å². The van der Waals surface area contributed by atoms with Crippen molar-refractivity contribution in [3.63, 3.8) is 0 Å². The summed E-state index contributed by atoms with van der Waals surface area (Å²) in [7, 11) is -9.02. The molecule has 32 heteroatoms. The van der Waals surface area contributed by atoms with Crippen LogP contribution in [-0.4, -0.2) is 104 Å². The lowest BCUT2D eigenvalue weighted by molar-refractivity contribution is -0.146. The van der Waals surface area contributed by atoms with Crippen LogP contribution in [0.15, 0.2) is 54.6 Å². The van der Waals surface area contributed by atoms with Gasteiger partial charge in [0.2, 0.25) is 21.8 Å². The molecule has 3 aromatic heterocycles. The number of amides is 3. The number of hydrogen-bond acceptors (Lipinski definition) is 12. The minimum Gasteiger partial charge on any atom is -0.481 e. The molecular weight excluding hydrogens is 1140 g/mol. The fourth-order valence-electron chi connectivity index (χ4n) is 8.60. The average molecular weight is 1180 g/mol. The Bertz CT molecular complexity index is 3680. The van der Waals surface area contributed by atoms with E-state index in [-0.39, 0.29) is 44.2 Å². The van der Waals surface area contributed by atoms with Crippen LogP contribution >= 0.6 is 11.6 Å². The van der Waals surface area contributed by atoms with E-state index in [4.69, 9.17) is 21.8 Å². The van der Waals surface area contributed by atoms with Crippen molar-refractivity contribution in [2.24, 2.45) is 5.92 Å². The first-order valence-corrected chi connectivity index (χ1v) is 26.5. The summed E-state index contributed by atoms with van der Waals surface area (Å²) in [6, 6.07) is 2.51. The lowest BCUT2D eigenvalue weighted by Crippen LogP contribution is -2.41. The number of rotatable bonds is 18. The van der Waals surface area contributed by atoms with Gasteiger partial charge in [-0.2, -0.15) is 45.3 Å². The van der Waals surface area contributed by atoms with E-state index in [2.05, 4.69) is 32.3 Å². The molecule has 0 spiro atoms. The molecule has 4 atom stereocenters. The van der Waals surface area contributed by atoms with Gasteiger partial charge in [0.25, 0.3) is 11.8 Å². The molecule has 1 saturated carbocycles. The number of halogens is 11. The van der Waals surface area contributed by atoms with Crippen molar-refractivity contribution in [1.82, 2.24) is 39.9 Å². The number of aromatic nitrogens is 5. The molecule has 3 heterocycles. The highest BCUT2D eigenvalue weighted by Crippen LogP contribution is 2.68. The largest absolute Gasteiger partial charge is 0.481 e. The Balaban J connectivity index is 1.37. The first kappa shape index (κ1) is 59.1. The second-order valence-corrected chi connectivity index (χ2v) is 23.4. The number of carboxylic acids is 2. The maximum Gasteiger partial charge on any atom is 0.435 e. The van der Waals surface area contributed by atoms with Crippen molar-refractivity contribution in [2.75, 3.05) is 6.26 Å². The van der Waals surface area contributed by atoms with Crippen molar-refractivity contribution in [1.29, 1.82) is 0 Å². The summed E-state index contributed by atoms with van der Waals surface area (Å²) in [6.07, 6.45) is -11.1.